The van der Waals surface area contributed by atoms with E-state index in [1.165, 1.54) is 6.07 Å². The van der Waals surface area contributed by atoms with Crippen molar-refractivity contribution < 1.29 is 0 Å². The summed E-state index contributed by atoms with van der Waals surface area (Å²) in [5, 5.41) is 17.7. The molecule has 12 heavy (non-hydrogen) atoms. The highest BCUT2D eigenvalue weighted by Gasteiger charge is 2.03. The molecular weight excluding hydrogens is 172 g/mol. The first-order chi connectivity index (χ1) is 5.69. The van der Waals surface area contributed by atoms with Crippen molar-refractivity contribution in [3.63, 3.8) is 0 Å². The summed E-state index contributed by atoms with van der Waals surface area (Å²) in [6.45, 7) is 1.75. The van der Waals surface area contributed by atoms with E-state index in [2.05, 4.69) is 0 Å². The second-order valence-electron chi connectivity index (χ2n) is 2.35. The summed E-state index contributed by atoms with van der Waals surface area (Å²) >= 11 is 5.77. The summed E-state index contributed by atoms with van der Waals surface area (Å²) in [5.74, 6) is 0. The van der Waals surface area contributed by atoms with Crippen molar-refractivity contribution in [3.8, 4) is 12.1 Å². The van der Waals surface area contributed by atoms with Gasteiger partial charge in [-0.2, -0.15) is 10.5 Å². The molecule has 0 aliphatic carbocycles. The molecule has 0 amide bonds. The minimum absolute atomic E-state index is 0.419. The molecule has 0 fully saturated rings. The second kappa shape index (κ2) is 3.26. The van der Waals surface area contributed by atoms with Gasteiger partial charge >= 0.3 is 0 Å². The number of nitrogens with zero attached hydrogens (tertiary/aromatic N) is 2. The maximum atomic E-state index is 8.64. The maximum Gasteiger partial charge on any atom is 0.0995 e. The van der Waals surface area contributed by atoms with E-state index in [0.717, 1.165) is 5.56 Å². The van der Waals surface area contributed by atoms with Gasteiger partial charge in [-0.05, 0) is 24.6 Å². The Morgan fingerprint density at radius 1 is 1.25 bits per heavy atom. The molecule has 58 valence electrons. The van der Waals surface area contributed by atoms with Crippen LogP contribution in [0, 0.1) is 29.6 Å². The molecule has 0 radical (unpaired) electrons. The summed E-state index contributed by atoms with van der Waals surface area (Å²) in [6.07, 6.45) is 0. The second-order valence-corrected chi connectivity index (χ2v) is 2.76. The summed E-state index contributed by atoms with van der Waals surface area (Å²) in [6, 6.07) is 6.99. The van der Waals surface area contributed by atoms with Crippen molar-refractivity contribution in [1.82, 2.24) is 0 Å². The van der Waals surface area contributed by atoms with Crippen LogP contribution in [0.15, 0.2) is 12.1 Å². The molecule has 0 N–H and O–H groups in total. The van der Waals surface area contributed by atoms with Gasteiger partial charge in [-0.25, -0.2) is 0 Å². The van der Waals surface area contributed by atoms with Gasteiger partial charge in [-0.15, -0.1) is 0 Å². The Morgan fingerprint density at radius 3 is 2.42 bits per heavy atom. The molecule has 0 spiro atoms. The molecule has 1 aromatic rings. The quantitative estimate of drug-likeness (QED) is 0.610. The van der Waals surface area contributed by atoms with Crippen LogP contribution in [0.3, 0.4) is 0 Å². The standard InChI is InChI=1S/C9H5ClN2/c1-6-8(5-12)2-7(4-11)3-9(6)10/h2-3H,1H3. The van der Waals surface area contributed by atoms with Gasteiger partial charge in [0.05, 0.1) is 23.3 Å². The van der Waals surface area contributed by atoms with E-state index >= 15 is 0 Å². The predicted octanol–water partition coefficient (Wildman–Crippen LogP) is 2.39. The molecule has 3 heteroatoms. The molecule has 0 bridgehead atoms. The summed E-state index contributed by atoms with van der Waals surface area (Å²) in [5.41, 5.74) is 1.60. The summed E-state index contributed by atoms with van der Waals surface area (Å²) in [4.78, 5) is 0. The van der Waals surface area contributed by atoms with Crippen LogP contribution in [0.1, 0.15) is 16.7 Å². The molecule has 1 rings (SSSR count). The summed E-state index contributed by atoms with van der Waals surface area (Å²) in [7, 11) is 0. The Labute approximate surface area is 75.6 Å². The van der Waals surface area contributed by atoms with Gasteiger partial charge in [0.15, 0.2) is 0 Å². The molecule has 2 nitrogen and oxygen atoms in total. The first-order valence-corrected chi connectivity index (χ1v) is 3.67. The molecule has 1 aromatic carbocycles. The van der Waals surface area contributed by atoms with E-state index in [9.17, 15) is 0 Å². The van der Waals surface area contributed by atoms with Gasteiger partial charge in [-0.1, -0.05) is 11.6 Å². The largest absolute Gasteiger partial charge is 0.192 e. The molecule has 0 saturated carbocycles. The van der Waals surface area contributed by atoms with Crippen molar-refractivity contribution in [2.75, 3.05) is 0 Å². The third-order valence-electron chi connectivity index (χ3n) is 1.59. The number of hydrogen-bond acceptors (Lipinski definition) is 2. The van der Waals surface area contributed by atoms with E-state index in [1.807, 2.05) is 12.1 Å². The highest BCUT2D eigenvalue weighted by molar-refractivity contribution is 6.31. The molecule has 0 atom stereocenters. The summed E-state index contributed by atoms with van der Waals surface area (Å²) < 4.78 is 0. The zero-order chi connectivity index (χ0) is 9.14. The highest BCUT2D eigenvalue weighted by atomic mass is 35.5. The van der Waals surface area contributed by atoms with Crippen molar-refractivity contribution in [1.29, 1.82) is 10.5 Å². The van der Waals surface area contributed by atoms with Crippen LogP contribution >= 0.6 is 11.6 Å². The van der Waals surface area contributed by atoms with Gasteiger partial charge < -0.3 is 0 Å². The van der Waals surface area contributed by atoms with Crippen LogP contribution in [0.5, 0.6) is 0 Å². The highest BCUT2D eigenvalue weighted by Crippen LogP contribution is 2.20. The lowest BCUT2D eigenvalue weighted by molar-refractivity contribution is 1.37. The van der Waals surface area contributed by atoms with Gasteiger partial charge in [0.1, 0.15) is 0 Å². The van der Waals surface area contributed by atoms with Crippen LogP contribution in [0.4, 0.5) is 0 Å². The average Bonchev–Trinajstić information content (AvgIpc) is 2.09. The molecule has 0 heterocycles. The first-order valence-electron chi connectivity index (χ1n) is 3.29. The Kier molecular flexibility index (Phi) is 2.33. The van der Waals surface area contributed by atoms with Gasteiger partial charge in [0, 0.05) is 5.02 Å². The molecule has 0 aliphatic heterocycles. The molecule has 0 aliphatic rings. The van der Waals surface area contributed by atoms with Crippen molar-refractivity contribution >= 4 is 11.6 Å². The molecule has 0 unspecified atom stereocenters. The average molecular weight is 177 g/mol. The van der Waals surface area contributed by atoms with Crippen LogP contribution in [-0.2, 0) is 0 Å². The fourth-order valence-electron chi connectivity index (χ4n) is 0.860. The van der Waals surface area contributed by atoms with Crippen LogP contribution in [0.25, 0.3) is 0 Å². The van der Waals surface area contributed by atoms with E-state index in [4.69, 9.17) is 22.1 Å². The van der Waals surface area contributed by atoms with E-state index in [-0.39, 0.29) is 0 Å². The van der Waals surface area contributed by atoms with Gasteiger partial charge in [-0.3, -0.25) is 0 Å². The molecule has 0 saturated heterocycles. The predicted molar refractivity (Wildman–Crippen MR) is 45.6 cm³/mol. The number of hydrogen-bond donors (Lipinski definition) is 0. The van der Waals surface area contributed by atoms with Gasteiger partial charge in [0.2, 0.25) is 0 Å². The van der Waals surface area contributed by atoms with Gasteiger partial charge in [0.25, 0.3) is 0 Å². The third-order valence-corrected chi connectivity index (χ3v) is 1.99. The maximum absolute atomic E-state index is 8.64. The van der Waals surface area contributed by atoms with E-state index < -0.39 is 0 Å². The third kappa shape index (κ3) is 1.39. The van der Waals surface area contributed by atoms with E-state index in [0.29, 0.717) is 16.1 Å². The lowest BCUT2D eigenvalue weighted by Gasteiger charge is -1.99. The number of halogens is 1. The SMILES string of the molecule is Cc1c(Cl)cc(C#N)cc1C#N. The minimum atomic E-state index is 0.419. The van der Waals surface area contributed by atoms with Crippen molar-refractivity contribution in [3.05, 3.63) is 33.8 Å². The fraction of sp³-hybridized carbons (Fsp3) is 0.111. The normalized spacial score (nSPS) is 8.67. The zero-order valence-electron chi connectivity index (χ0n) is 6.43. The van der Waals surface area contributed by atoms with E-state index in [1.54, 1.807) is 13.0 Å². The lowest BCUT2D eigenvalue weighted by atomic mass is 10.1. The number of rotatable bonds is 0. The van der Waals surface area contributed by atoms with Crippen LogP contribution in [0.2, 0.25) is 5.02 Å². The smallest absolute Gasteiger partial charge is 0.0995 e. The fourth-order valence-corrected chi connectivity index (χ4v) is 1.08. The Balaban J connectivity index is 3.44. The van der Waals surface area contributed by atoms with Crippen LogP contribution in [-0.4, -0.2) is 0 Å². The molecular formula is C9H5ClN2. The zero-order valence-corrected chi connectivity index (χ0v) is 7.18. The van der Waals surface area contributed by atoms with Crippen LogP contribution < -0.4 is 0 Å². The Bertz CT molecular complexity index is 396. The number of nitriles is 2. The van der Waals surface area contributed by atoms with Crippen molar-refractivity contribution in [2.45, 2.75) is 6.92 Å². The van der Waals surface area contributed by atoms with Crippen molar-refractivity contribution in [2.24, 2.45) is 0 Å². The Morgan fingerprint density at radius 2 is 1.92 bits per heavy atom. The number of benzene rings is 1. The monoisotopic (exact) mass is 176 g/mol. The minimum Gasteiger partial charge on any atom is -0.192 e. The lowest BCUT2D eigenvalue weighted by Crippen LogP contribution is -1.85. The Hall–Kier alpha value is -1.51. The first kappa shape index (κ1) is 8.59. The topological polar surface area (TPSA) is 47.6 Å². The molecule has 0 aromatic heterocycles.